The molecule has 0 bridgehead atoms. The first-order valence-electron chi connectivity index (χ1n) is 5.86. The fourth-order valence-electron chi connectivity index (χ4n) is 2.06. The lowest BCUT2D eigenvalue weighted by molar-refractivity contribution is 0.815. The maximum Gasteiger partial charge on any atom is 0.254 e. The van der Waals surface area contributed by atoms with Crippen LogP contribution >= 0.6 is 11.6 Å². The van der Waals surface area contributed by atoms with Gasteiger partial charge in [-0.3, -0.25) is 4.79 Å². The average molecular weight is 263 g/mol. The largest absolute Gasteiger partial charge is 0.306 e. The monoisotopic (exact) mass is 262 g/mol. The van der Waals surface area contributed by atoms with Gasteiger partial charge in [-0.05, 0) is 25.0 Å². The molecule has 2 aromatic rings. The second-order valence-electron chi connectivity index (χ2n) is 4.55. The molecule has 1 aromatic carbocycles. The number of halogens is 1. The molecule has 94 valence electrons. The smallest absolute Gasteiger partial charge is 0.254 e. The van der Waals surface area contributed by atoms with Gasteiger partial charge in [0.2, 0.25) is 0 Å². The van der Waals surface area contributed by atoms with Gasteiger partial charge < -0.3 is 4.98 Å². The van der Waals surface area contributed by atoms with Crippen molar-refractivity contribution in [3.05, 3.63) is 50.9 Å². The van der Waals surface area contributed by atoms with Crippen LogP contribution in [0.4, 0.5) is 0 Å². The van der Waals surface area contributed by atoms with Crippen LogP contribution in [-0.2, 0) is 0 Å². The summed E-state index contributed by atoms with van der Waals surface area (Å²) >= 11 is 6.10. The third-order valence-corrected chi connectivity index (χ3v) is 3.18. The minimum absolute atomic E-state index is 0.0904. The number of H-pyrrole nitrogens is 1. The zero-order valence-corrected chi connectivity index (χ0v) is 11.4. The molecule has 0 aliphatic heterocycles. The molecule has 0 atom stereocenters. The summed E-state index contributed by atoms with van der Waals surface area (Å²) in [7, 11) is 0. The summed E-state index contributed by atoms with van der Waals surface area (Å²) in [5.74, 6) is 0.675. The van der Waals surface area contributed by atoms with E-state index in [4.69, 9.17) is 11.6 Å². The van der Waals surface area contributed by atoms with Crippen LogP contribution in [0.2, 0.25) is 5.02 Å². The van der Waals surface area contributed by atoms with Gasteiger partial charge in [0.1, 0.15) is 5.82 Å². The normalized spacial score (nSPS) is 10.9. The predicted octanol–water partition coefficient (Wildman–Crippen LogP) is 3.52. The van der Waals surface area contributed by atoms with Crippen molar-refractivity contribution in [3.63, 3.8) is 0 Å². The van der Waals surface area contributed by atoms with Crippen LogP contribution in [0.1, 0.15) is 31.0 Å². The quantitative estimate of drug-likeness (QED) is 0.900. The fourth-order valence-corrected chi connectivity index (χ4v) is 2.28. The van der Waals surface area contributed by atoms with E-state index in [-0.39, 0.29) is 11.5 Å². The molecule has 4 heteroatoms. The van der Waals surface area contributed by atoms with Crippen molar-refractivity contribution in [1.29, 1.82) is 0 Å². The number of aromatic nitrogens is 2. The van der Waals surface area contributed by atoms with Crippen LogP contribution in [0.5, 0.6) is 0 Å². The van der Waals surface area contributed by atoms with Crippen molar-refractivity contribution in [1.82, 2.24) is 9.97 Å². The highest BCUT2D eigenvalue weighted by Crippen LogP contribution is 2.24. The summed E-state index contributed by atoms with van der Waals surface area (Å²) in [6, 6.07) is 7.34. The van der Waals surface area contributed by atoms with E-state index in [1.807, 2.05) is 39.0 Å². The Kier molecular flexibility index (Phi) is 3.53. The lowest BCUT2D eigenvalue weighted by Crippen LogP contribution is -2.18. The molecular weight excluding hydrogens is 248 g/mol. The Labute approximate surface area is 111 Å². The van der Waals surface area contributed by atoms with Crippen molar-refractivity contribution in [3.8, 4) is 11.4 Å². The van der Waals surface area contributed by atoms with Gasteiger partial charge in [-0.25, -0.2) is 4.98 Å². The molecular formula is C14H15ClN2O. The van der Waals surface area contributed by atoms with Crippen LogP contribution < -0.4 is 5.56 Å². The van der Waals surface area contributed by atoms with Crippen LogP contribution in [-0.4, -0.2) is 9.97 Å². The number of aryl methyl sites for hydroxylation is 1. The molecule has 0 aliphatic carbocycles. The number of rotatable bonds is 2. The topological polar surface area (TPSA) is 45.8 Å². The molecule has 0 amide bonds. The summed E-state index contributed by atoms with van der Waals surface area (Å²) < 4.78 is 0. The van der Waals surface area contributed by atoms with Gasteiger partial charge in [-0.15, -0.1) is 0 Å². The summed E-state index contributed by atoms with van der Waals surface area (Å²) in [5.41, 5.74) is 2.14. The molecule has 0 saturated carbocycles. The molecule has 0 radical (unpaired) electrons. The zero-order chi connectivity index (χ0) is 13.3. The van der Waals surface area contributed by atoms with E-state index in [9.17, 15) is 4.79 Å². The number of hydrogen-bond donors (Lipinski definition) is 1. The first kappa shape index (κ1) is 12.8. The SMILES string of the molecule is Cc1nc(-c2ccccc2Cl)[nH]c(=O)c1C(C)C. The molecule has 0 unspecified atom stereocenters. The van der Waals surface area contributed by atoms with E-state index >= 15 is 0 Å². The van der Waals surface area contributed by atoms with E-state index in [1.165, 1.54) is 0 Å². The van der Waals surface area contributed by atoms with E-state index in [0.717, 1.165) is 16.8 Å². The highest BCUT2D eigenvalue weighted by molar-refractivity contribution is 6.33. The van der Waals surface area contributed by atoms with Gasteiger partial charge in [0.25, 0.3) is 5.56 Å². The summed E-state index contributed by atoms with van der Waals surface area (Å²) in [5, 5.41) is 0.581. The van der Waals surface area contributed by atoms with Crippen molar-refractivity contribution >= 4 is 11.6 Å². The van der Waals surface area contributed by atoms with E-state index in [2.05, 4.69) is 9.97 Å². The predicted molar refractivity (Wildman–Crippen MR) is 74.1 cm³/mol. The van der Waals surface area contributed by atoms with Crippen molar-refractivity contribution in [2.24, 2.45) is 0 Å². The van der Waals surface area contributed by atoms with Gasteiger partial charge >= 0.3 is 0 Å². The van der Waals surface area contributed by atoms with Gasteiger partial charge in [0.15, 0.2) is 0 Å². The lowest BCUT2D eigenvalue weighted by atomic mass is 10.0. The minimum atomic E-state index is -0.0904. The van der Waals surface area contributed by atoms with Gasteiger partial charge in [-0.1, -0.05) is 37.6 Å². The molecule has 0 aliphatic rings. The molecule has 3 nitrogen and oxygen atoms in total. The number of nitrogens with one attached hydrogen (secondary N) is 1. The Balaban J connectivity index is 2.63. The Morgan fingerprint density at radius 3 is 2.50 bits per heavy atom. The van der Waals surface area contributed by atoms with Crippen LogP contribution in [0.25, 0.3) is 11.4 Å². The molecule has 1 N–H and O–H groups in total. The molecule has 0 fully saturated rings. The molecule has 18 heavy (non-hydrogen) atoms. The highest BCUT2D eigenvalue weighted by atomic mass is 35.5. The van der Waals surface area contributed by atoms with E-state index in [1.54, 1.807) is 6.07 Å². The first-order valence-corrected chi connectivity index (χ1v) is 6.24. The average Bonchev–Trinajstić information content (AvgIpc) is 2.27. The minimum Gasteiger partial charge on any atom is -0.306 e. The number of hydrogen-bond acceptors (Lipinski definition) is 2. The molecule has 2 rings (SSSR count). The molecule has 1 aromatic heterocycles. The van der Waals surface area contributed by atoms with Crippen molar-refractivity contribution in [2.75, 3.05) is 0 Å². The third-order valence-electron chi connectivity index (χ3n) is 2.85. The van der Waals surface area contributed by atoms with Gasteiger partial charge in [-0.2, -0.15) is 0 Å². The Hall–Kier alpha value is -1.61. The molecule has 0 saturated heterocycles. The zero-order valence-electron chi connectivity index (χ0n) is 10.6. The summed E-state index contributed by atoms with van der Waals surface area (Å²) in [6.45, 7) is 5.81. The van der Waals surface area contributed by atoms with Crippen LogP contribution in [0, 0.1) is 6.92 Å². The summed E-state index contributed by atoms with van der Waals surface area (Å²) in [4.78, 5) is 19.3. The number of nitrogens with zero attached hydrogens (tertiary/aromatic N) is 1. The lowest BCUT2D eigenvalue weighted by Gasteiger charge is -2.10. The number of benzene rings is 1. The van der Waals surface area contributed by atoms with Crippen LogP contribution in [0.3, 0.4) is 0 Å². The summed E-state index contributed by atoms with van der Waals surface area (Å²) in [6.07, 6.45) is 0. The molecule has 1 heterocycles. The Morgan fingerprint density at radius 1 is 1.28 bits per heavy atom. The fraction of sp³-hybridized carbons (Fsp3) is 0.286. The maximum absolute atomic E-state index is 12.0. The van der Waals surface area contributed by atoms with Gasteiger partial charge in [0.05, 0.1) is 5.02 Å². The standard InChI is InChI=1S/C14H15ClN2O/c1-8(2)12-9(3)16-13(17-14(12)18)10-6-4-5-7-11(10)15/h4-8H,1-3H3,(H,16,17,18). The van der Waals surface area contributed by atoms with E-state index < -0.39 is 0 Å². The highest BCUT2D eigenvalue weighted by Gasteiger charge is 2.13. The maximum atomic E-state index is 12.0. The second-order valence-corrected chi connectivity index (χ2v) is 4.96. The Morgan fingerprint density at radius 2 is 1.94 bits per heavy atom. The van der Waals surface area contributed by atoms with Crippen LogP contribution in [0.15, 0.2) is 29.1 Å². The van der Waals surface area contributed by atoms with Gasteiger partial charge in [0, 0.05) is 16.8 Å². The Bertz CT molecular complexity index is 632. The second kappa shape index (κ2) is 4.94. The number of aromatic amines is 1. The first-order chi connectivity index (χ1) is 8.50. The third kappa shape index (κ3) is 2.31. The molecule has 0 spiro atoms. The van der Waals surface area contributed by atoms with E-state index in [0.29, 0.717) is 10.8 Å². The van der Waals surface area contributed by atoms with Crippen molar-refractivity contribution in [2.45, 2.75) is 26.7 Å². The van der Waals surface area contributed by atoms with Crippen molar-refractivity contribution < 1.29 is 0 Å².